The van der Waals surface area contributed by atoms with Crippen molar-refractivity contribution in [1.82, 2.24) is 14.9 Å². The number of rotatable bonds is 5. The number of aliphatic imine (C=N–C) groups is 1. The summed E-state index contributed by atoms with van der Waals surface area (Å²) in [4.78, 5) is 16.7. The van der Waals surface area contributed by atoms with E-state index in [0.717, 1.165) is 41.6 Å². The predicted octanol–water partition coefficient (Wildman–Crippen LogP) is 5.73. The molecule has 3 aromatic rings. The molecule has 0 spiro atoms. The number of halogens is 3. The molecule has 44 heavy (non-hydrogen) atoms. The van der Waals surface area contributed by atoms with Gasteiger partial charge in [-0.15, -0.1) is 0 Å². The van der Waals surface area contributed by atoms with Crippen molar-refractivity contribution >= 4 is 39.8 Å². The Hall–Kier alpha value is -3.65. The molecule has 0 amide bonds. The fraction of sp³-hybridized carbons (Fsp3) is 0.387. The molecular weight excluding hydrogens is 593 g/mol. The van der Waals surface area contributed by atoms with Crippen LogP contribution in [0, 0.1) is 0 Å². The average Bonchev–Trinajstić information content (AvgIpc) is 3.00. The van der Waals surface area contributed by atoms with Gasteiger partial charge >= 0.3 is 6.18 Å². The van der Waals surface area contributed by atoms with Crippen LogP contribution in [0.15, 0.2) is 76.6 Å². The minimum Gasteiger partial charge on any atom is -0.773 e. The number of hydrogen-bond acceptors (Lipinski definition) is 9. The quantitative estimate of drug-likeness (QED) is 0.355. The number of anilines is 2. The van der Waals surface area contributed by atoms with Gasteiger partial charge in [0, 0.05) is 25.0 Å². The van der Waals surface area contributed by atoms with E-state index in [1.807, 2.05) is 64.1 Å². The van der Waals surface area contributed by atoms with Crippen molar-refractivity contribution in [3.63, 3.8) is 0 Å². The topological polar surface area (TPSA) is 120 Å². The third-order valence-electron chi connectivity index (χ3n) is 6.62. The number of allylic oxidation sites excluding steroid dienone is 2. The highest BCUT2D eigenvalue weighted by molar-refractivity contribution is 7.78. The van der Waals surface area contributed by atoms with Gasteiger partial charge in [0.05, 0.1) is 36.1 Å². The van der Waals surface area contributed by atoms with E-state index in [4.69, 9.17) is 24.2 Å². The number of dihydropyridines is 1. The van der Waals surface area contributed by atoms with Crippen LogP contribution in [-0.4, -0.2) is 81.3 Å². The van der Waals surface area contributed by atoms with Crippen molar-refractivity contribution in [3.8, 4) is 11.1 Å². The molecule has 1 fully saturated rings. The molecule has 2 aliphatic rings. The summed E-state index contributed by atoms with van der Waals surface area (Å²) in [7, 11) is 0. The molecule has 0 bridgehead atoms. The van der Waals surface area contributed by atoms with E-state index in [-0.39, 0.29) is 6.17 Å². The van der Waals surface area contributed by atoms with Gasteiger partial charge in [0.2, 0.25) is 0 Å². The van der Waals surface area contributed by atoms with Crippen LogP contribution < -0.4 is 10.6 Å². The van der Waals surface area contributed by atoms with Crippen LogP contribution in [0.3, 0.4) is 0 Å². The molecular formula is C31H38F3N6O3S-. The molecule has 0 saturated carbocycles. The SMILES string of the molecule is CC.CC(C)=C1C=C(N(CC(F)(F)F)c2ccc(-c3ccc4nc(N)cnc4c3)cc2)C=NC1N1CCOCC1.CS(=O)[O-]. The van der Waals surface area contributed by atoms with E-state index in [2.05, 4.69) is 14.9 Å². The standard InChI is InChI=1S/C28H29F3N6O.C2H6.CH4O2S/c1-18(2)23-14-22(15-34-27(23)36-9-11-38-12-10-36)37(17-28(29,30)31)21-6-3-19(4-7-21)20-5-8-24-25(13-20)33-16-26(32)35-24;1-2;1-4(2)3/h3-8,13-16,27H,9-12,17H2,1-2H3,(H2,32,35);1-2H3;1H3,(H,2,3)/p-1. The van der Waals surface area contributed by atoms with E-state index in [0.29, 0.717) is 41.4 Å². The van der Waals surface area contributed by atoms with Gasteiger partial charge in [0.25, 0.3) is 0 Å². The fourth-order valence-corrected chi connectivity index (χ4v) is 4.71. The molecule has 9 nitrogen and oxygen atoms in total. The minimum atomic E-state index is -4.40. The highest BCUT2D eigenvalue weighted by Gasteiger charge is 2.34. The van der Waals surface area contributed by atoms with E-state index < -0.39 is 23.8 Å². The van der Waals surface area contributed by atoms with Crippen LogP contribution in [0.5, 0.6) is 0 Å². The maximum absolute atomic E-state index is 13.7. The van der Waals surface area contributed by atoms with Crippen LogP contribution in [0.2, 0.25) is 0 Å². The summed E-state index contributed by atoms with van der Waals surface area (Å²) in [5.41, 5.74) is 11.6. The molecule has 2 unspecified atom stereocenters. The largest absolute Gasteiger partial charge is 0.773 e. The minimum absolute atomic E-state index is 0.228. The van der Waals surface area contributed by atoms with Gasteiger partial charge in [-0.3, -0.25) is 19.1 Å². The Morgan fingerprint density at radius 3 is 2.30 bits per heavy atom. The Balaban J connectivity index is 0.000000816. The molecule has 5 rings (SSSR count). The van der Waals surface area contributed by atoms with Crippen molar-refractivity contribution in [2.24, 2.45) is 4.99 Å². The summed E-state index contributed by atoms with van der Waals surface area (Å²) in [6, 6.07) is 12.6. The van der Waals surface area contributed by atoms with Crippen LogP contribution in [0.1, 0.15) is 27.7 Å². The van der Waals surface area contributed by atoms with E-state index in [1.165, 1.54) is 11.1 Å². The number of nitrogens with zero attached hydrogens (tertiary/aromatic N) is 5. The lowest BCUT2D eigenvalue weighted by molar-refractivity contribution is -0.118. The third-order valence-corrected chi connectivity index (χ3v) is 6.62. The molecule has 0 radical (unpaired) electrons. The highest BCUT2D eigenvalue weighted by atomic mass is 32.2. The molecule has 2 atom stereocenters. The zero-order chi connectivity index (χ0) is 32.4. The van der Waals surface area contributed by atoms with Gasteiger partial charge in [-0.25, -0.2) is 4.98 Å². The van der Waals surface area contributed by atoms with Crippen LogP contribution in [0.4, 0.5) is 24.7 Å². The van der Waals surface area contributed by atoms with E-state index in [1.54, 1.807) is 18.3 Å². The molecule has 1 saturated heterocycles. The number of aromatic nitrogens is 2. The van der Waals surface area contributed by atoms with Gasteiger partial charge in [-0.1, -0.05) is 48.7 Å². The van der Waals surface area contributed by atoms with Crippen molar-refractivity contribution in [2.45, 2.75) is 40.0 Å². The van der Waals surface area contributed by atoms with Crippen molar-refractivity contribution in [2.75, 3.05) is 49.7 Å². The Bertz CT molecular complexity index is 1510. The second-order valence-electron chi connectivity index (χ2n) is 9.97. The number of hydrogen-bond donors (Lipinski definition) is 1. The van der Waals surface area contributed by atoms with Gasteiger partial charge in [-0.05, 0) is 67.1 Å². The summed E-state index contributed by atoms with van der Waals surface area (Å²) in [6.07, 6.45) is 1.33. The molecule has 2 N–H and O–H groups in total. The first-order chi connectivity index (χ1) is 20.9. The lowest BCUT2D eigenvalue weighted by Crippen LogP contribution is -2.45. The zero-order valence-corrected chi connectivity index (χ0v) is 26.3. The third kappa shape index (κ3) is 9.68. The summed E-state index contributed by atoms with van der Waals surface area (Å²) >= 11 is -1.86. The molecule has 2 aromatic carbocycles. The summed E-state index contributed by atoms with van der Waals surface area (Å²) in [5.74, 6) is 0.340. The lowest BCUT2D eigenvalue weighted by atomic mass is 10.0. The first kappa shape index (κ1) is 34.8. The number of ether oxygens (including phenoxy) is 1. The Labute approximate surface area is 258 Å². The van der Waals surface area contributed by atoms with Gasteiger partial charge in [0.1, 0.15) is 18.5 Å². The fourth-order valence-electron chi connectivity index (χ4n) is 4.71. The second-order valence-corrected chi connectivity index (χ2v) is 10.8. The Kier molecular flexibility index (Phi) is 12.6. The molecule has 0 aliphatic carbocycles. The monoisotopic (exact) mass is 631 g/mol. The average molecular weight is 632 g/mol. The summed E-state index contributed by atoms with van der Waals surface area (Å²) in [5, 5.41) is 0. The van der Waals surface area contributed by atoms with E-state index >= 15 is 0 Å². The van der Waals surface area contributed by atoms with Crippen molar-refractivity contribution in [3.05, 3.63) is 71.6 Å². The van der Waals surface area contributed by atoms with Crippen molar-refractivity contribution < 1.29 is 26.7 Å². The maximum atomic E-state index is 13.7. The van der Waals surface area contributed by atoms with Gasteiger partial charge < -0.3 is 19.9 Å². The van der Waals surface area contributed by atoms with Crippen LogP contribution in [-0.2, 0) is 15.8 Å². The van der Waals surface area contributed by atoms with Crippen LogP contribution in [0.25, 0.3) is 22.2 Å². The van der Waals surface area contributed by atoms with Gasteiger partial charge in [-0.2, -0.15) is 13.2 Å². The Morgan fingerprint density at radius 1 is 1.09 bits per heavy atom. The lowest BCUT2D eigenvalue weighted by Gasteiger charge is -2.36. The highest BCUT2D eigenvalue weighted by Crippen LogP contribution is 2.32. The zero-order valence-electron chi connectivity index (χ0n) is 25.5. The first-order valence-electron chi connectivity index (χ1n) is 14.1. The molecule has 238 valence electrons. The number of benzene rings is 2. The number of nitrogens with two attached hydrogens (primary N) is 1. The normalized spacial score (nSPS) is 17.5. The molecule has 1 aromatic heterocycles. The number of alkyl halides is 3. The summed E-state index contributed by atoms with van der Waals surface area (Å²) < 4.78 is 64.6. The Morgan fingerprint density at radius 2 is 1.70 bits per heavy atom. The number of nitrogen functional groups attached to an aromatic ring is 1. The molecule has 13 heteroatoms. The first-order valence-corrected chi connectivity index (χ1v) is 15.6. The molecule has 2 aliphatic heterocycles. The van der Waals surface area contributed by atoms with Gasteiger partial charge in [0.15, 0.2) is 0 Å². The number of fused-ring (bicyclic) bond motifs is 1. The van der Waals surface area contributed by atoms with Crippen molar-refractivity contribution in [1.29, 1.82) is 0 Å². The van der Waals surface area contributed by atoms with E-state index in [9.17, 15) is 13.2 Å². The predicted molar refractivity (Wildman–Crippen MR) is 170 cm³/mol. The maximum Gasteiger partial charge on any atom is 0.406 e. The number of morpholine rings is 1. The molecule has 3 heterocycles. The van der Waals surface area contributed by atoms with Crippen LogP contribution >= 0.6 is 0 Å². The summed E-state index contributed by atoms with van der Waals surface area (Å²) in [6.45, 7) is 9.47. The second kappa shape index (κ2) is 15.9. The smallest absolute Gasteiger partial charge is 0.406 e.